The van der Waals surface area contributed by atoms with Gasteiger partial charge in [0, 0.05) is 49.8 Å². The predicted octanol–water partition coefficient (Wildman–Crippen LogP) is 3.82. The van der Waals surface area contributed by atoms with Crippen LogP contribution in [0.15, 0.2) is 85.1 Å². The fraction of sp³-hybridized carbons (Fsp3) is 0.233. The molecule has 5 rings (SSSR count). The van der Waals surface area contributed by atoms with Crippen LogP contribution in [0.2, 0.25) is 0 Å². The lowest BCUT2D eigenvalue weighted by Gasteiger charge is -2.34. The first kappa shape index (κ1) is 25.2. The van der Waals surface area contributed by atoms with Crippen LogP contribution in [-0.4, -0.2) is 65.4 Å². The Morgan fingerprint density at radius 1 is 0.816 bits per heavy atom. The van der Waals surface area contributed by atoms with Crippen molar-refractivity contribution in [2.75, 3.05) is 32.8 Å². The molecule has 0 bridgehead atoms. The Labute approximate surface area is 220 Å². The van der Waals surface area contributed by atoms with Crippen LogP contribution in [0.3, 0.4) is 0 Å². The molecule has 0 unspecified atom stereocenters. The monoisotopic (exact) mass is 511 g/mol. The zero-order valence-corrected chi connectivity index (χ0v) is 21.0. The molecule has 8 heteroatoms. The summed E-state index contributed by atoms with van der Waals surface area (Å²) in [5.74, 6) is -0.881. The van der Waals surface area contributed by atoms with Crippen molar-refractivity contribution in [3.63, 3.8) is 0 Å². The van der Waals surface area contributed by atoms with Gasteiger partial charge in [0.05, 0.1) is 12.0 Å². The molecule has 0 radical (unpaired) electrons. The number of rotatable bonds is 8. The van der Waals surface area contributed by atoms with E-state index in [0.717, 1.165) is 36.1 Å². The Kier molecular flexibility index (Phi) is 7.80. The van der Waals surface area contributed by atoms with Crippen LogP contribution in [0.25, 0.3) is 10.9 Å². The number of amides is 1. The third-order valence-electron chi connectivity index (χ3n) is 6.63. The molecule has 1 fully saturated rings. The number of carbonyl (C=O) groups is 3. The highest BCUT2D eigenvalue weighted by Gasteiger charge is 2.22. The number of para-hydroxylation sites is 1. The standard InChI is InChI=1S/C30H29N3O5/c34-28(33-16-14-32(15-17-33)20-22-6-2-1-3-7-22)21-37-30(36)23-10-12-25(13-11-23)38-29(35)18-24-19-31-27-9-5-4-8-26(24)27/h1-13,19,31H,14-18,20-21H2. The molecule has 0 aliphatic carbocycles. The maximum absolute atomic E-state index is 12.6. The highest BCUT2D eigenvalue weighted by atomic mass is 16.5. The van der Waals surface area contributed by atoms with E-state index in [1.807, 2.05) is 42.5 Å². The average molecular weight is 512 g/mol. The van der Waals surface area contributed by atoms with Crippen molar-refractivity contribution >= 4 is 28.7 Å². The van der Waals surface area contributed by atoms with Gasteiger partial charge in [-0.15, -0.1) is 0 Å². The van der Waals surface area contributed by atoms with Crippen LogP contribution in [0.4, 0.5) is 0 Å². The number of hydrogen-bond acceptors (Lipinski definition) is 6. The van der Waals surface area contributed by atoms with E-state index in [1.165, 1.54) is 29.8 Å². The zero-order chi connectivity index (χ0) is 26.3. The van der Waals surface area contributed by atoms with Crippen LogP contribution in [0.1, 0.15) is 21.5 Å². The first-order valence-electron chi connectivity index (χ1n) is 12.6. The Morgan fingerprint density at radius 2 is 1.53 bits per heavy atom. The van der Waals surface area contributed by atoms with E-state index in [-0.39, 0.29) is 24.5 Å². The molecular formula is C30H29N3O5. The molecule has 1 aliphatic rings. The summed E-state index contributed by atoms with van der Waals surface area (Å²) >= 11 is 0. The molecular weight excluding hydrogens is 482 g/mol. The summed E-state index contributed by atoms with van der Waals surface area (Å²) < 4.78 is 10.7. The second-order valence-corrected chi connectivity index (χ2v) is 9.25. The van der Waals surface area contributed by atoms with Crippen molar-refractivity contribution in [3.8, 4) is 5.75 Å². The van der Waals surface area contributed by atoms with E-state index in [4.69, 9.17) is 9.47 Å². The van der Waals surface area contributed by atoms with Crippen LogP contribution in [0.5, 0.6) is 5.75 Å². The third kappa shape index (κ3) is 6.27. The quantitative estimate of drug-likeness (QED) is 0.286. The zero-order valence-electron chi connectivity index (χ0n) is 21.0. The first-order chi connectivity index (χ1) is 18.5. The predicted molar refractivity (Wildman–Crippen MR) is 143 cm³/mol. The number of aromatic nitrogens is 1. The molecule has 0 saturated carbocycles. The van der Waals surface area contributed by atoms with Crippen molar-refractivity contribution < 1.29 is 23.9 Å². The molecule has 38 heavy (non-hydrogen) atoms. The van der Waals surface area contributed by atoms with E-state index >= 15 is 0 Å². The van der Waals surface area contributed by atoms with Gasteiger partial charge in [-0.25, -0.2) is 4.79 Å². The van der Waals surface area contributed by atoms with Gasteiger partial charge in [-0.2, -0.15) is 0 Å². The molecule has 1 amide bonds. The van der Waals surface area contributed by atoms with Gasteiger partial charge >= 0.3 is 11.9 Å². The maximum atomic E-state index is 12.6. The van der Waals surface area contributed by atoms with E-state index < -0.39 is 11.9 Å². The van der Waals surface area contributed by atoms with Crippen molar-refractivity contribution in [1.29, 1.82) is 0 Å². The van der Waals surface area contributed by atoms with E-state index in [2.05, 4.69) is 22.0 Å². The number of H-pyrrole nitrogens is 1. The largest absolute Gasteiger partial charge is 0.452 e. The minimum absolute atomic E-state index is 0.121. The van der Waals surface area contributed by atoms with Crippen LogP contribution in [0, 0.1) is 0 Å². The number of esters is 2. The van der Waals surface area contributed by atoms with Gasteiger partial charge in [-0.1, -0.05) is 48.5 Å². The fourth-order valence-electron chi connectivity index (χ4n) is 4.56. The summed E-state index contributed by atoms with van der Waals surface area (Å²) in [6.07, 6.45) is 1.92. The van der Waals surface area contributed by atoms with E-state index in [1.54, 1.807) is 11.1 Å². The Morgan fingerprint density at radius 3 is 2.29 bits per heavy atom. The molecule has 2 heterocycles. The Balaban J connectivity index is 1.05. The number of piperazine rings is 1. The molecule has 0 atom stereocenters. The molecule has 0 spiro atoms. The lowest BCUT2D eigenvalue weighted by atomic mass is 10.1. The number of nitrogens with zero attached hydrogens (tertiary/aromatic N) is 2. The Bertz CT molecular complexity index is 1410. The summed E-state index contributed by atoms with van der Waals surface area (Å²) in [5.41, 5.74) is 3.34. The number of aromatic amines is 1. The highest BCUT2D eigenvalue weighted by molar-refractivity contribution is 5.92. The van der Waals surface area contributed by atoms with Gasteiger partial charge in [0.1, 0.15) is 5.75 Å². The number of benzene rings is 3. The van der Waals surface area contributed by atoms with Gasteiger partial charge in [-0.3, -0.25) is 14.5 Å². The minimum Gasteiger partial charge on any atom is -0.452 e. The maximum Gasteiger partial charge on any atom is 0.338 e. The van der Waals surface area contributed by atoms with Crippen molar-refractivity contribution in [2.24, 2.45) is 0 Å². The van der Waals surface area contributed by atoms with E-state index in [9.17, 15) is 14.4 Å². The smallest absolute Gasteiger partial charge is 0.338 e. The molecule has 194 valence electrons. The SMILES string of the molecule is O=C(Cc1c[nH]c2ccccc12)Oc1ccc(C(=O)OCC(=O)N2CCN(Cc3ccccc3)CC2)cc1. The fourth-order valence-corrected chi connectivity index (χ4v) is 4.56. The highest BCUT2D eigenvalue weighted by Crippen LogP contribution is 2.20. The Hall–Kier alpha value is -4.43. The number of nitrogens with one attached hydrogen (secondary N) is 1. The van der Waals surface area contributed by atoms with Crippen LogP contribution in [-0.2, 0) is 27.3 Å². The van der Waals surface area contributed by atoms with Crippen LogP contribution >= 0.6 is 0 Å². The van der Waals surface area contributed by atoms with Gasteiger partial charge in [0.15, 0.2) is 6.61 Å². The lowest BCUT2D eigenvalue weighted by Crippen LogP contribution is -2.49. The summed E-state index contributed by atoms with van der Waals surface area (Å²) in [7, 11) is 0. The number of fused-ring (bicyclic) bond motifs is 1. The lowest BCUT2D eigenvalue weighted by molar-refractivity contribution is -0.136. The number of hydrogen-bond donors (Lipinski definition) is 1. The summed E-state index contributed by atoms with van der Waals surface area (Å²) in [6, 6.07) is 24.1. The second kappa shape index (κ2) is 11.7. The average Bonchev–Trinajstić information content (AvgIpc) is 3.35. The topological polar surface area (TPSA) is 91.9 Å². The van der Waals surface area contributed by atoms with Gasteiger partial charge in [-0.05, 0) is 41.5 Å². The van der Waals surface area contributed by atoms with Crippen LogP contribution < -0.4 is 4.74 Å². The second-order valence-electron chi connectivity index (χ2n) is 9.25. The minimum atomic E-state index is -0.599. The molecule has 3 aromatic carbocycles. The van der Waals surface area contributed by atoms with Gasteiger partial charge < -0.3 is 19.4 Å². The number of carbonyl (C=O) groups excluding carboxylic acids is 3. The first-order valence-corrected chi connectivity index (χ1v) is 12.6. The summed E-state index contributed by atoms with van der Waals surface area (Å²) in [5, 5.41) is 0.978. The molecule has 1 aromatic heterocycles. The third-order valence-corrected chi connectivity index (χ3v) is 6.63. The summed E-state index contributed by atoms with van der Waals surface area (Å²) in [4.78, 5) is 44.6. The van der Waals surface area contributed by atoms with E-state index in [0.29, 0.717) is 18.8 Å². The van der Waals surface area contributed by atoms with Crippen molar-refractivity contribution in [1.82, 2.24) is 14.8 Å². The molecule has 1 aliphatic heterocycles. The number of ether oxygens (including phenoxy) is 2. The van der Waals surface area contributed by atoms with Gasteiger partial charge in [0.25, 0.3) is 5.91 Å². The normalized spacial score (nSPS) is 13.8. The molecule has 1 saturated heterocycles. The van der Waals surface area contributed by atoms with Crippen molar-refractivity contribution in [2.45, 2.75) is 13.0 Å². The molecule has 8 nitrogen and oxygen atoms in total. The summed E-state index contributed by atoms with van der Waals surface area (Å²) in [6.45, 7) is 3.29. The molecule has 1 N–H and O–H groups in total. The molecule has 4 aromatic rings. The van der Waals surface area contributed by atoms with Crippen molar-refractivity contribution in [3.05, 3.63) is 102 Å². The van der Waals surface area contributed by atoms with Gasteiger partial charge in [0.2, 0.25) is 0 Å².